The maximum Gasteiger partial charge on any atom is 0.220 e. The van der Waals surface area contributed by atoms with Crippen LogP contribution in [0.3, 0.4) is 0 Å². The Hall–Kier alpha value is -1.35. The monoisotopic (exact) mass is 472 g/mol. The van der Waals surface area contributed by atoms with E-state index in [0.717, 1.165) is 32.2 Å². The summed E-state index contributed by atoms with van der Waals surface area (Å²) < 4.78 is 16.5. The molecule has 0 aliphatic rings. The molecular formula is C25H48N2O6. The van der Waals surface area contributed by atoms with Gasteiger partial charge in [0, 0.05) is 38.0 Å². The van der Waals surface area contributed by atoms with Crippen LogP contribution in [-0.4, -0.2) is 75.7 Å². The summed E-state index contributed by atoms with van der Waals surface area (Å²) in [5.74, 6) is 0.202. The molecule has 0 aromatic rings. The first-order chi connectivity index (χ1) is 15.6. The number of ether oxygens (including phenoxy) is 3. The molecule has 1 atom stereocenters. The van der Waals surface area contributed by atoms with E-state index in [1.807, 2.05) is 34.6 Å². The zero-order valence-corrected chi connectivity index (χ0v) is 21.8. The van der Waals surface area contributed by atoms with Crippen molar-refractivity contribution in [3.05, 3.63) is 0 Å². The van der Waals surface area contributed by atoms with Crippen LogP contribution in [0.1, 0.15) is 80.1 Å². The molecule has 0 aromatic heterocycles. The van der Waals surface area contributed by atoms with E-state index >= 15 is 0 Å². The van der Waals surface area contributed by atoms with Crippen molar-refractivity contribution < 1.29 is 28.6 Å². The van der Waals surface area contributed by atoms with Crippen molar-refractivity contribution in [3.8, 4) is 0 Å². The molecule has 8 heteroatoms. The van der Waals surface area contributed by atoms with Crippen molar-refractivity contribution in [2.75, 3.05) is 52.7 Å². The number of carbonyl (C=O) groups excluding carboxylic acids is 3. The molecule has 1 unspecified atom stereocenters. The summed E-state index contributed by atoms with van der Waals surface area (Å²) in [6, 6.07) is 0. The third-order valence-electron chi connectivity index (χ3n) is 6.21. The van der Waals surface area contributed by atoms with Crippen molar-refractivity contribution in [1.82, 2.24) is 10.6 Å². The molecule has 0 aromatic carbocycles. The average molecular weight is 473 g/mol. The molecular weight excluding hydrogens is 424 g/mol. The molecule has 0 saturated heterocycles. The number of carbonyl (C=O) groups is 3. The highest BCUT2D eigenvalue weighted by Gasteiger charge is 2.26. The molecule has 33 heavy (non-hydrogen) atoms. The Labute approximate surface area is 200 Å². The lowest BCUT2D eigenvalue weighted by atomic mass is 9.83. The zero-order chi connectivity index (χ0) is 25.2. The van der Waals surface area contributed by atoms with Gasteiger partial charge in [-0.1, -0.05) is 27.7 Å². The summed E-state index contributed by atoms with van der Waals surface area (Å²) in [6.07, 6.45) is 3.65. The lowest BCUT2D eigenvalue weighted by molar-refractivity contribution is -0.130. The van der Waals surface area contributed by atoms with Gasteiger partial charge in [-0.3, -0.25) is 14.4 Å². The number of hydrogen-bond acceptors (Lipinski definition) is 7. The second kappa shape index (κ2) is 18.0. The van der Waals surface area contributed by atoms with Gasteiger partial charge in [0.15, 0.2) is 0 Å². The molecule has 0 fully saturated rings. The van der Waals surface area contributed by atoms with E-state index in [2.05, 4.69) is 10.6 Å². The van der Waals surface area contributed by atoms with Crippen molar-refractivity contribution in [2.45, 2.75) is 85.6 Å². The Morgan fingerprint density at radius 1 is 0.727 bits per heavy atom. The highest BCUT2D eigenvalue weighted by atomic mass is 16.5. The summed E-state index contributed by atoms with van der Waals surface area (Å²) >= 11 is 0. The summed E-state index contributed by atoms with van der Waals surface area (Å²) in [6.45, 7) is 15.9. The molecule has 0 rings (SSSR count). The second-order valence-electron chi connectivity index (χ2n) is 9.22. The van der Waals surface area contributed by atoms with Crippen molar-refractivity contribution in [3.63, 3.8) is 0 Å². The molecule has 0 aliphatic heterocycles. The minimum atomic E-state index is -0.444. The minimum absolute atomic E-state index is 0.0902. The molecule has 0 heterocycles. The van der Waals surface area contributed by atoms with E-state index in [-0.39, 0.29) is 29.3 Å². The van der Waals surface area contributed by atoms with Crippen molar-refractivity contribution >= 4 is 17.5 Å². The summed E-state index contributed by atoms with van der Waals surface area (Å²) in [5.41, 5.74) is -0.797. The normalized spacial score (nSPS) is 13.5. The third kappa shape index (κ3) is 15.2. The molecule has 0 aliphatic carbocycles. The maximum absolute atomic E-state index is 12.0. The molecule has 1 amide bonds. The largest absolute Gasteiger partial charge is 0.379 e. The van der Waals surface area contributed by atoms with Crippen molar-refractivity contribution in [1.29, 1.82) is 0 Å². The van der Waals surface area contributed by atoms with Crippen LogP contribution in [0.4, 0.5) is 0 Å². The van der Waals surface area contributed by atoms with Gasteiger partial charge in [0.1, 0.15) is 11.6 Å². The fourth-order valence-electron chi connectivity index (χ4n) is 2.83. The van der Waals surface area contributed by atoms with Gasteiger partial charge in [0.2, 0.25) is 5.91 Å². The first kappa shape index (κ1) is 31.6. The Morgan fingerprint density at radius 2 is 1.24 bits per heavy atom. The van der Waals surface area contributed by atoms with Gasteiger partial charge in [-0.2, -0.15) is 0 Å². The number of ketones is 2. The lowest BCUT2D eigenvalue weighted by Crippen LogP contribution is -2.48. The zero-order valence-electron chi connectivity index (χ0n) is 21.8. The van der Waals surface area contributed by atoms with Crippen molar-refractivity contribution in [2.24, 2.45) is 5.41 Å². The van der Waals surface area contributed by atoms with E-state index in [9.17, 15) is 14.4 Å². The highest BCUT2D eigenvalue weighted by Crippen LogP contribution is 2.23. The van der Waals surface area contributed by atoms with Crippen LogP contribution in [0.5, 0.6) is 0 Å². The standard InChI is InChI=1S/C25H48N2O6/c1-7-24(4,5)22(29)11-12-23(30)26-13-9-15-31-17-19-33-20-18-32-16-10-14-27-25(6,8-2)21(3)28/h27H,7-20H2,1-6H3,(H,26,30). The van der Waals surface area contributed by atoms with Gasteiger partial charge in [-0.05, 0) is 46.1 Å². The van der Waals surface area contributed by atoms with Gasteiger partial charge in [-0.15, -0.1) is 0 Å². The maximum atomic E-state index is 12.0. The second-order valence-corrected chi connectivity index (χ2v) is 9.22. The summed E-state index contributed by atoms with van der Waals surface area (Å²) in [5, 5.41) is 6.12. The van der Waals surface area contributed by atoms with Crippen LogP contribution >= 0.6 is 0 Å². The van der Waals surface area contributed by atoms with E-state index in [1.54, 1.807) is 6.92 Å². The Morgan fingerprint density at radius 3 is 1.73 bits per heavy atom. The van der Waals surface area contributed by atoms with Gasteiger partial charge >= 0.3 is 0 Å². The quantitative estimate of drug-likeness (QED) is 0.233. The number of rotatable bonds is 22. The highest BCUT2D eigenvalue weighted by molar-refractivity contribution is 5.88. The van der Waals surface area contributed by atoms with Crippen LogP contribution in [0.25, 0.3) is 0 Å². The number of nitrogens with one attached hydrogen (secondary N) is 2. The molecule has 194 valence electrons. The Kier molecular flexibility index (Phi) is 17.3. The van der Waals surface area contributed by atoms with Gasteiger partial charge in [0.25, 0.3) is 0 Å². The SMILES string of the molecule is CCC(C)(C)C(=O)CCC(=O)NCCCOCCOCCOCCCNC(C)(CC)C(C)=O. The fraction of sp³-hybridized carbons (Fsp3) is 0.880. The van der Waals surface area contributed by atoms with Crippen LogP contribution in [0.15, 0.2) is 0 Å². The first-order valence-corrected chi connectivity index (χ1v) is 12.4. The summed E-state index contributed by atoms with van der Waals surface area (Å²) in [7, 11) is 0. The number of hydrogen-bond donors (Lipinski definition) is 2. The van der Waals surface area contributed by atoms with Gasteiger partial charge in [0.05, 0.1) is 32.0 Å². The smallest absolute Gasteiger partial charge is 0.220 e. The summed E-state index contributed by atoms with van der Waals surface area (Å²) in [4.78, 5) is 35.5. The number of Topliss-reactive ketones (excluding diaryl/α,β-unsaturated/α-hetero) is 2. The molecule has 0 bridgehead atoms. The van der Waals surface area contributed by atoms with E-state index in [1.165, 1.54) is 0 Å². The molecule has 2 N–H and O–H groups in total. The van der Waals surface area contributed by atoms with E-state index in [4.69, 9.17) is 14.2 Å². The predicted octanol–water partition coefficient (Wildman–Crippen LogP) is 3.07. The number of amides is 1. The first-order valence-electron chi connectivity index (χ1n) is 12.4. The van der Waals surface area contributed by atoms with Crippen LogP contribution < -0.4 is 10.6 Å². The van der Waals surface area contributed by atoms with Gasteiger partial charge < -0.3 is 24.8 Å². The molecule has 0 saturated carbocycles. The minimum Gasteiger partial charge on any atom is -0.379 e. The topological polar surface area (TPSA) is 103 Å². The van der Waals surface area contributed by atoms with Gasteiger partial charge in [-0.25, -0.2) is 0 Å². The average Bonchev–Trinajstić information content (AvgIpc) is 2.79. The molecule has 8 nitrogen and oxygen atoms in total. The van der Waals surface area contributed by atoms with Crippen LogP contribution in [-0.2, 0) is 28.6 Å². The van der Waals surface area contributed by atoms with Crippen LogP contribution in [0.2, 0.25) is 0 Å². The third-order valence-corrected chi connectivity index (χ3v) is 6.21. The Bertz CT molecular complexity index is 567. The Balaban J connectivity index is 3.44. The molecule has 0 spiro atoms. The lowest BCUT2D eigenvalue weighted by Gasteiger charge is -2.26. The predicted molar refractivity (Wildman–Crippen MR) is 130 cm³/mol. The van der Waals surface area contributed by atoms with Crippen LogP contribution in [0, 0.1) is 5.41 Å². The van der Waals surface area contributed by atoms with E-state index < -0.39 is 5.54 Å². The molecule has 0 radical (unpaired) electrons. The fourth-order valence-corrected chi connectivity index (χ4v) is 2.83. The van der Waals surface area contributed by atoms with E-state index in [0.29, 0.717) is 52.6 Å².